The minimum atomic E-state index is -0.0109. The van der Waals surface area contributed by atoms with E-state index in [2.05, 4.69) is 26.3 Å². The zero-order valence-electron chi connectivity index (χ0n) is 10.0. The maximum atomic E-state index is 9.05. The summed E-state index contributed by atoms with van der Waals surface area (Å²) < 4.78 is 0. The maximum absolute atomic E-state index is 9.05. The third-order valence-corrected chi connectivity index (χ3v) is 2.60. The Morgan fingerprint density at radius 3 is 3.00 bits per heavy atom. The number of nitrogens with one attached hydrogen (secondary N) is 2. The maximum Gasteiger partial charge on any atom is 0.144 e. The number of hydrogen-bond acceptors (Lipinski definition) is 5. The Kier molecular flexibility index (Phi) is 3.44. The van der Waals surface area contributed by atoms with E-state index in [0.29, 0.717) is 17.1 Å². The molecule has 2 aromatic rings. The van der Waals surface area contributed by atoms with Crippen molar-refractivity contribution < 1.29 is 0 Å². The predicted octanol–water partition coefficient (Wildman–Crippen LogP) is 1.82. The molecule has 92 valence electrons. The Balaban J connectivity index is 2.25. The van der Waals surface area contributed by atoms with Gasteiger partial charge in [0.15, 0.2) is 0 Å². The van der Waals surface area contributed by atoms with Crippen LogP contribution in [-0.4, -0.2) is 15.0 Å². The average molecular weight is 242 g/mol. The molecule has 0 aliphatic heterocycles. The van der Waals surface area contributed by atoms with Crippen LogP contribution >= 0.6 is 0 Å². The summed E-state index contributed by atoms with van der Waals surface area (Å²) in [4.78, 5) is 11.4. The molecule has 1 atom stereocenters. The molecule has 0 aliphatic rings. The van der Waals surface area contributed by atoms with E-state index in [1.165, 1.54) is 6.20 Å². The molecule has 1 unspecified atom stereocenters. The first-order valence-corrected chi connectivity index (χ1v) is 5.66. The molecule has 18 heavy (non-hydrogen) atoms. The lowest BCUT2D eigenvalue weighted by Gasteiger charge is -2.16. The van der Waals surface area contributed by atoms with Gasteiger partial charge in [-0.25, -0.2) is 9.97 Å². The second kappa shape index (κ2) is 5.19. The van der Waals surface area contributed by atoms with Crippen LogP contribution in [0, 0.1) is 11.3 Å². The minimum Gasteiger partial charge on any atom is -0.397 e. The van der Waals surface area contributed by atoms with Crippen LogP contribution in [0.15, 0.2) is 24.7 Å². The van der Waals surface area contributed by atoms with Crippen molar-refractivity contribution in [2.24, 2.45) is 0 Å². The van der Waals surface area contributed by atoms with E-state index in [1.54, 1.807) is 18.5 Å². The number of pyridine rings is 1. The van der Waals surface area contributed by atoms with Gasteiger partial charge in [-0.15, -0.1) is 0 Å². The molecule has 6 nitrogen and oxygen atoms in total. The average Bonchev–Trinajstić information content (AvgIpc) is 2.91. The van der Waals surface area contributed by atoms with E-state index in [4.69, 9.17) is 11.0 Å². The molecule has 4 N–H and O–H groups in total. The van der Waals surface area contributed by atoms with E-state index in [-0.39, 0.29) is 6.04 Å². The molecule has 2 rings (SSSR count). The van der Waals surface area contributed by atoms with Crippen LogP contribution < -0.4 is 11.1 Å². The van der Waals surface area contributed by atoms with E-state index in [0.717, 1.165) is 12.2 Å². The number of nitrogens with two attached hydrogens (primary N) is 1. The number of aromatic nitrogens is 3. The van der Waals surface area contributed by atoms with Crippen molar-refractivity contribution in [3.63, 3.8) is 0 Å². The van der Waals surface area contributed by atoms with Gasteiger partial charge in [-0.2, -0.15) is 5.26 Å². The summed E-state index contributed by atoms with van der Waals surface area (Å²) in [6.07, 6.45) is 5.81. The van der Waals surface area contributed by atoms with Gasteiger partial charge in [0.1, 0.15) is 17.7 Å². The first kappa shape index (κ1) is 11.9. The Hall–Kier alpha value is -2.55. The van der Waals surface area contributed by atoms with Crippen LogP contribution in [0.5, 0.6) is 0 Å². The highest BCUT2D eigenvalue weighted by Gasteiger charge is 2.14. The second-order valence-electron chi connectivity index (χ2n) is 3.86. The largest absolute Gasteiger partial charge is 0.397 e. The number of nitrogens with zero attached hydrogens (tertiary/aromatic N) is 3. The van der Waals surface area contributed by atoms with Gasteiger partial charge >= 0.3 is 0 Å². The highest BCUT2D eigenvalue weighted by molar-refractivity contribution is 5.57. The Bertz CT molecular complexity index is 554. The number of hydrogen-bond donors (Lipinski definition) is 3. The van der Waals surface area contributed by atoms with Crippen LogP contribution in [0.4, 0.5) is 11.5 Å². The van der Waals surface area contributed by atoms with Crippen molar-refractivity contribution in [2.75, 3.05) is 11.1 Å². The molecule has 6 heteroatoms. The molecule has 0 saturated carbocycles. The lowest BCUT2D eigenvalue weighted by molar-refractivity contribution is 0.700. The zero-order valence-corrected chi connectivity index (χ0v) is 10.0. The van der Waals surface area contributed by atoms with Crippen molar-refractivity contribution in [1.29, 1.82) is 5.26 Å². The second-order valence-corrected chi connectivity index (χ2v) is 3.86. The quantitative estimate of drug-likeness (QED) is 0.758. The molecule has 2 aromatic heterocycles. The smallest absolute Gasteiger partial charge is 0.144 e. The van der Waals surface area contributed by atoms with Gasteiger partial charge in [-0.05, 0) is 12.5 Å². The van der Waals surface area contributed by atoms with Crippen LogP contribution in [0.25, 0.3) is 0 Å². The molecule has 0 radical (unpaired) electrons. The third kappa shape index (κ3) is 2.40. The minimum absolute atomic E-state index is 0.0109. The van der Waals surface area contributed by atoms with Gasteiger partial charge in [0, 0.05) is 12.4 Å². The molecule has 0 bridgehead atoms. The first-order chi connectivity index (χ1) is 8.74. The van der Waals surface area contributed by atoms with Crippen molar-refractivity contribution in [1.82, 2.24) is 15.0 Å². The summed E-state index contributed by atoms with van der Waals surface area (Å²) in [5.41, 5.74) is 6.51. The van der Waals surface area contributed by atoms with E-state index < -0.39 is 0 Å². The Morgan fingerprint density at radius 1 is 1.56 bits per heavy atom. The Labute approximate surface area is 105 Å². The predicted molar refractivity (Wildman–Crippen MR) is 68.6 cm³/mol. The number of nitrogen functional groups attached to an aromatic ring is 1. The highest BCUT2D eigenvalue weighted by Crippen LogP contribution is 2.21. The van der Waals surface area contributed by atoms with Gasteiger partial charge in [0.25, 0.3) is 0 Å². The molecular formula is C12H14N6. The van der Waals surface area contributed by atoms with E-state index in [9.17, 15) is 0 Å². The third-order valence-electron chi connectivity index (χ3n) is 2.60. The molecule has 0 aromatic carbocycles. The van der Waals surface area contributed by atoms with Crippen LogP contribution in [0.3, 0.4) is 0 Å². The fourth-order valence-corrected chi connectivity index (χ4v) is 1.68. The van der Waals surface area contributed by atoms with Gasteiger partial charge in [-0.1, -0.05) is 6.92 Å². The Morgan fingerprint density at radius 2 is 2.39 bits per heavy atom. The van der Waals surface area contributed by atoms with Gasteiger partial charge in [-0.3, -0.25) is 0 Å². The molecule has 0 spiro atoms. The molecule has 0 fully saturated rings. The number of imidazole rings is 1. The topological polar surface area (TPSA) is 103 Å². The summed E-state index contributed by atoms with van der Waals surface area (Å²) in [5.74, 6) is 1.34. The number of anilines is 2. The standard InChI is InChI=1S/C12H14N6/c1-2-10(12-15-3-4-16-12)18-11-8(6-13)5-9(14)7-17-11/h3-5,7,10H,2,14H2,1H3,(H,15,16)(H,17,18). The van der Waals surface area contributed by atoms with E-state index >= 15 is 0 Å². The summed E-state index contributed by atoms with van der Waals surface area (Å²) in [7, 11) is 0. The van der Waals surface area contributed by atoms with Crippen LogP contribution in [0.1, 0.15) is 30.8 Å². The highest BCUT2D eigenvalue weighted by atomic mass is 15.1. The summed E-state index contributed by atoms with van der Waals surface area (Å²) in [6, 6.07) is 3.67. The molecule has 2 heterocycles. The van der Waals surface area contributed by atoms with Gasteiger partial charge in [0.05, 0.1) is 23.5 Å². The zero-order chi connectivity index (χ0) is 13.0. The molecule has 0 amide bonds. The van der Waals surface area contributed by atoms with Crippen molar-refractivity contribution in [2.45, 2.75) is 19.4 Å². The summed E-state index contributed by atoms with van der Waals surface area (Å²) in [5, 5.41) is 12.2. The SMILES string of the molecule is CCC(Nc1ncc(N)cc1C#N)c1ncc[nH]1. The lowest BCUT2D eigenvalue weighted by atomic mass is 10.2. The number of rotatable bonds is 4. The summed E-state index contributed by atoms with van der Waals surface area (Å²) in [6.45, 7) is 2.03. The van der Waals surface area contributed by atoms with Crippen molar-refractivity contribution in [3.05, 3.63) is 36.0 Å². The van der Waals surface area contributed by atoms with Gasteiger partial charge < -0.3 is 16.0 Å². The lowest BCUT2D eigenvalue weighted by Crippen LogP contribution is -2.13. The van der Waals surface area contributed by atoms with E-state index in [1.807, 2.05) is 6.92 Å². The van der Waals surface area contributed by atoms with Gasteiger partial charge in [0.2, 0.25) is 0 Å². The molecule has 0 aliphatic carbocycles. The van der Waals surface area contributed by atoms with Crippen LogP contribution in [0.2, 0.25) is 0 Å². The number of H-pyrrole nitrogens is 1. The monoisotopic (exact) mass is 242 g/mol. The number of aromatic amines is 1. The summed E-state index contributed by atoms with van der Waals surface area (Å²) >= 11 is 0. The van der Waals surface area contributed by atoms with Crippen molar-refractivity contribution in [3.8, 4) is 6.07 Å². The molecule has 0 saturated heterocycles. The molecular weight excluding hydrogens is 228 g/mol. The fraction of sp³-hybridized carbons (Fsp3) is 0.250. The first-order valence-electron chi connectivity index (χ1n) is 5.66. The fourth-order valence-electron chi connectivity index (χ4n) is 1.68. The van der Waals surface area contributed by atoms with Crippen molar-refractivity contribution >= 4 is 11.5 Å². The van der Waals surface area contributed by atoms with Crippen LogP contribution in [-0.2, 0) is 0 Å². The normalized spacial score (nSPS) is 11.8. The number of nitriles is 1.